The molecule has 7 heteroatoms. The van der Waals surface area contributed by atoms with Crippen molar-refractivity contribution in [3.63, 3.8) is 0 Å². The molecule has 0 bridgehead atoms. The van der Waals surface area contributed by atoms with Crippen molar-refractivity contribution in [3.8, 4) is 5.75 Å². The highest BCUT2D eigenvalue weighted by Gasteiger charge is 2.17. The van der Waals surface area contributed by atoms with E-state index in [0.717, 1.165) is 0 Å². The Morgan fingerprint density at radius 2 is 2.00 bits per heavy atom. The van der Waals surface area contributed by atoms with E-state index in [0.29, 0.717) is 22.7 Å². The number of amides is 2. The second-order valence-corrected chi connectivity index (χ2v) is 5.57. The van der Waals surface area contributed by atoms with Gasteiger partial charge in [0.05, 0.1) is 30.8 Å². The summed E-state index contributed by atoms with van der Waals surface area (Å²) in [7, 11) is 3.14. The summed E-state index contributed by atoms with van der Waals surface area (Å²) in [4.78, 5) is 30.0. The van der Waals surface area contributed by atoms with Gasteiger partial charge in [-0.05, 0) is 44.2 Å². The van der Waals surface area contributed by atoms with Crippen molar-refractivity contribution in [1.82, 2.24) is 4.98 Å². The van der Waals surface area contributed by atoms with E-state index in [9.17, 15) is 9.59 Å². The maximum atomic E-state index is 12.7. The Bertz CT molecular complexity index is 747. The zero-order chi connectivity index (χ0) is 18.4. The quantitative estimate of drug-likeness (QED) is 0.901. The molecule has 0 saturated carbocycles. The number of methoxy groups -OCH3 is 1. The second-order valence-electron chi connectivity index (χ2n) is 5.57. The molecule has 0 fully saturated rings. The van der Waals surface area contributed by atoms with E-state index in [4.69, 9.17) is 9.47 Å². The number of aromatic nitrogens is 1. The first-order valence-electron chi connectivity index (χ1n) is 7.76. The highest BCUT2D eigenvalue weighted by atomic mass is 16.6. The SMILES string of the molecule is COc1ccc(C(=O)N(C)c2cccnc2)cc1NC(=O)OC(C)C. The summed E-state index contributed by atoms with van der Waals surface area (Å²) >= 11 is 0. The molecule has 0 saturated heterocycles. The Kier molecular flexibility index (Phi) is 5.94. The van der Waals surface area contributed by atoms with Gasteiger partial charge in [0, 0.05) is 18.8 Å². The van der Waals surface area contributed by atoms with E-state index in [1.165, 1.54) is 12.0 Å². The third kappa shape index (κ3) is 4.69. The molecule has 0 radical (unpaired) electrons. The van der Waals surface area contributed by atoms with Crippen LogP contribution in [0.2, 0.25) is 0 Å². The predicted molar refractivity (Wildman–Crippen MR) is 95.2 cm³/mol. The molecule has 1 aromatic heterocycles. The van der Waals surface area contributed by atoms with E-state index in [1.54, 1.807) is 63.6 Å². The van der Waals surface area contributed by atoms with Crippen LogP contribution in [0.15, 0.2) is 42.7 Å². The van der Waals surface area contributed by atoms with Gasteiger partial charge in [0.1, 0.15) is 5.75 Å². The van der Waals surface area contributed by atoms with Crippen molar-refractivity contribution in [2.75, 3.05) is 24.4 Å². The molecule has 1 heterocycles. The average molecular weight is 343 g/mol. The molecule has 0 aliphatic heterocycles. The number of hydrogen-bond acceptors (Lipinski definition) is 5. The minimum Gasteiger partial charge on any atom is -0.495 e. The number of ether oxygens (including phenoxy) is 2. The Balaban J connectivity index is 2.25. The molecule has 7 nitrogen and oxygen atoms in total. The Morgan fingerprint density at radius 3 is 2.60 bits per heavy atom. The van der Waals surface area contributed by atoms with Gasteiger partial charge in [0.15, 0.2) is 0 Å². The van der Waals surface area contributed by atoms with Crippen molar-refractivity contribution in [3.05, 3.63) is 48.3 Å². The fourth-order valence-corrected chi connectivity index (χ4v) is 2.16. The molecule has 0 unspecified atom stereocenters. The van der Waals surface area contributed by atoms with Gasteiger partial charge in [-0.15, -0.1) is 0 Å². The summed E-state index contributed by atoms with van der Waals surface area (Å²) < 4.78 is 10.3. The third-order valence-corrected chi connectivity index (χ3v) is 3.36. The molecule has 2 aromatic rings. The van der Waals surface area contributed by atoms with Crippen LogP contribution in [-0.4, -0.2) is 37.2 Å². The summed E-state index contributed by atoms with van der Waals surface area (Å²) in [5.74, 6) is 0.192. The summed E-state index contributed by atoms with van der Waals surface area (Å²) in [6, 6.07) is 8.34. The number of pyridine rings is 1. The number of anilines is 2. The highest BCUT2D eigenvalue weighted by Crippen LogP contribution is 2.27. The minimum absolute atomic E-state index is 0.240. The van der Waals surface area contributed by atoms with Crippen LogP contribution in [0, 0.1) is 0 Å². The molecule has 0 atom stereocenters. The highest BCUT2D eigenvalue weighted by molar-refractivity contribution is 6.06. The summed E-state index contributed by atoms with van der Waals surface area (Å²) in [6.45, 7) is 3.50. The average Bonchev–Trinajstić information content (AvgIpc) is 2.60. The van der Waals surface area contributed by atoms with Gasteiger partial charge in [-0.2, -0.15) is 0 Å². The standard InChI is InChI=1S/C18H21N3O4/c1-12(2)25-18(23)20-15-10-13(7-8-16(15)24-4)17(22)21(3)14-6-5-9-19-11-14/h5-12H,1-4H3,(H,20,23). The van der Waals surface area contributed by atoms with Crippen LogP contribution in [0.25, 0.3) is 0 Å². The molecule has 2 amide bonds. The maximum Gasteiger partial charge on any atom is 0.411 e. The van der Waals surface area contributed by atoms with Crippen LogP contribution in [-0.2, 0) is 4.74 Å². The molecule has 1 N–H and O–H groups in total. The van der Waals surface area contributed by atoms with Crippen LogP contribution in [0.5, 0.6) is 5.75 Å². The van der Waals surface area contributed by atoms with Crippen LogP contribution >= 0.6 is 0 Å². The number of carbonyl (C=O) groups is 2. The lowest BCUT2D eigenvalue weighted by Gasteiger charge is -2.18. The van der Waals surface area contributed by atoms with E-state index in [2.05, 4.69) is 10.3 Å². The lowest BCUT2D eigenvalue weighted by Crippen LogP contribution is -2.26. The van der Waals surface area contributed by atoms with Crippen molar-refractivity contribution in [2.45, 2.75) is 20.0 Å². The first kappa shape index (κ1) is 18.3. The van der Waals surface area contributed by atoms with Gasteiger partial charge in [-0.25, -0.2) is 4.79 Å². The monoisotopic (exact) mass is 343 g/mol. The Labute approximate surface area is 146 Å². The maximum absolute atomic E-state index is 12.7. The smallest absolute Gasteiger partial charge is 0.411 e. The summed E-state index contributed by atoms with van der Waals surface area (Å²) in [5, 5.41) is 2.60. The molecule has 1 aromatic carbocycles. The molecular weight excluding hydrogens is 322 g/mol. The lowest BCUT2D eigenvalue weighted by molar-refractivity contribution is 0.0992. The van der Waals surface area contributed by atoms with Crippen molar-refractivity contribution in [1.29, 1.82) is 0 Å². The number of rotatable bonds is 5. The van der Waals surface area contributed by atoms with E-state index < -0.39 is 6.09 Å². The Morgan fingerprint density at radius 1 is 1.24 bits per heavy atom. The third-order valence-electron chi connectivity index (χ3n) is 3.36. The second kappa shape index (κ2) is 8.14. The molecule has 0 aliphatic carbocycles. The predicted octanol–water partition coefficient (Wildman–Crippen LogP) is 3.32. The van der Waals surface area contributed by atoms with Crippen molar-refractivity contribution in [2.24, 2.45) is 0 Å². The van der Waals surface area contributed by atoms with Crippen LogP contribution in [0.3, 0.4) is 0 Å². The zero-order valence-corrected chi connectivity index (χ0v) is 14.6. The van der Waals surface area contributed by atoms with Gasteiger partial charge >= 0.3 is 6.09 Å². The van der Waals surface area contributed by atoms with Gasteiger partial charge in [-0.1, -0.05) is 0 Å². The zero-order valence-electron chi connectivity index (χ0n) is 14.6. The van der Waals surface area contributed by atoms with Gasteiger partial charge in [-0.3, -0.25) is 15.1 Å². The Hall–Kier alpha value is -3.09. The van der Waals surface area contributed by atoms with Crippen molar-refractivity contribution < 1.29 is 19.1 Å². The molecule has 0 aliphatic rings. The summed E-state index contributed by atoms with van der Waals surface area (Å²) in [5.41, 5.74) is 1.42. The first-order chi connectivity index (χ1) is 11.9. The van der Waals surface area contributed by atoms with Gasteiger partial charge < -0.3 is 14.4 Å². The number of nitrogens with one attached hydrogen (secondary N) is 1. The normalized spacial score (nSPS) is 10.3. The summed E-state index contributed by atoms with van der Waals surface area (Å²) in [6.07, 6.45) is 2.36. The molecule has 132 valence electrons. The molecule has 2 rings (SSSR count). The van der Waals surface area contributed by atoms with E-state index in [1.807, 2.05) is 0 Å². The van der Waals surface area contributed by atoms with Crippen LogP contribution in [0.1, 0.15) is 24.2 Å². The van der Waals surface area contributed by atoms with Crippen LogP contribution < -0.4 is 15.0 Å². The minimum atomic E-state index is -0.612. The fraction of sp³-hybridized carbons (Fsp3) is 0.278. The topological polar surface area (TPSA) is 80.8 Å². The van der Waals surface area contributed by atoms with Gasteiger partial charge in [0.2, 0.25) is 0 Å². The fourth-order valence-electron chi connectivity index (χ4n) is 2.16. The number of hydrogen-bond donors (Lipinski definition) is 1. The lowest BCUT2D eigenvalue weighted by atomic mass is 10.1. The molecular formula is C18H21N3O4. The molecule has 0 spiro atoms. The van der Waals surface area contributed by atoms with Crippen LogP contribution in [0.4, 0.5) is 16.2 Å². The number of carbonyl (C=O) groups excluding carboxylic acids is 2. The van der Waals surface area contributed by atoms with E-state index >= 15 is 0 Å². The molecule has 25 heavy (non-hydrogen) atoms. The number of nitrogens with zero attached hydrogens (tertiary/aromatic N) is 2. The van der Waals surface area contributed by atoms with Crippen molar-refractivity contribution >= 4 is 23.4 Å². The van der Waals surface area contributed by atoms with E-state index in [-0.39, 0.29) is 12.0 Å². The van der Waals surface area contributed by atoms with Gasteiger partial charge in [0.25, 0.3) is 5.91 Å². The largest absolute Gasteiger partial charge is 0.495 e. The number of benzene rings is 1. The first-order valence-corrected chi connectivity index (χ1v) is 7.76.